The highest BCUT2D eigenvalue weighted by Gasteiger charge is 2.43. The zero-order valence-electron chi connectivity index (χ0n) is 28.2. The van der Waals surface area contributed by atoms with E-state index < -0.39 is 45.8 Å². The second kappa shape index (κ2) is 14.8. The van der Waals surface area contributed by atoms with Crippen LogP contribution in [0.3, 0.4) is 0 Å². The standard InChI is InChI=1S/C37H38F6N4O4S/c1-52(50,51)28-12-13-31-29(20-28)32(35(49)45-34(37(41,42)43)23-7-3-2-4-8-23)30(33(44-31)24-9-5-10-25(19-24)36(38,39)40)22-46-17-14-26(15-18-46)47-16-6-11-27(48)21-47/h2-5,7-10,12-13,19-20,26-27,34,48H,6,11,14-18,21-22H2,1H3,(H,45,49)/t27-,34+/m0/s1. The first-order chi connectivity index (χ1) is 24.5. The van der Waals surface area contributed by atoms with Gasteiger partial charge in [-0.15, -0.1) is 0 Å². The van der Waals surface area contributed by atoms with E-state index in [1.54, 1.807) is 0 Å². The van der Waals surface area contributed by atoms with Gasteiger partial charge in [-0.3, -0.25) is 14.6 Å². The van der Waals surface area contributed by atoms with Crippen molar-refractivity contribution in [1.29, 1.82) is 0 Å². The number of nitrogens with one attached hydrogen (secondary N) is 1. The summed E-state index contributed by atoms with van der Waals surface area (Å²) in [4.78, 5) is 23.0. The van der Waals surface area contributed by atoms with Crippen LogP contribution in [0.25, 0.3) is 22.2 Å². The van der Waals surface area contributed by atoms with Gasteiger partial charge in [-0.2, -0.15) is 26.3 Å². The highest BCUT2D eigenvalue weighted by atomic mass is 32.2. The van der Waals surface area contributed by atoms with Crippen molar-refractivity contribution in [3.8, 4) is 11.3 Å². The van der Waals surface area contributed by atoms with Crippen LogP contribution in [0.1, 0.15) is 58.8 Å². The number of sulfone groups is 1. The number of nitrogens with zero attached hydrogens (tertiary/aromatic N) is 3. The van der Waals surface area contributed by atoms with Crippen LogP contribution in [-0.4, -0.2) is 85.0 Å². The number of alkyl halides is 6. The number of likely N-dealkylation sites (tertiary alicyclic amines) is 2. The fraction of sp³-hybridized carbons (Fsp3) is 0.405. The minimum atomic E-state index is -4.94. The predicted octanol–water partition coefficient (Wildman–Crippen LogP) is 6.78. The number of aliphatic hydroxyl groups is 1. The number of rotatable bonds is 8. The highest BCUT2D eigenvalue weighted by Crippen LogP contribution is 2.38. The summed E-state index contributed by atoms with van der Waals surface area (Å²) in [5.74, 6) is -1.19. The van der Waals surface area contributed by atoms with Crippen LogP contribution in [0.4, 0.5) is 26.3 Å². The Hall–Kier alpha value is -4.05. The molecule has 6 rings (SSSR count). The fourth-order valence-corrected chi connectivity index (χ4v) is 7.84. The second-order valence-corrected chi connectivity index (χ2v) is 15.5. The van der Waals surface area contributed by atoms with Gasteiger partial charge in [0.2, 0.25) is 0 Å². The molecule has 0 radical (unpaired) electrons. The average molecular weight is 749 g/mol. The van der Waals surface area contributed by atoms with Crippen molar-refractivity contribution >= 4 is 26.6 Å². The van der Waals surface area contributed by atoms with E-state index >= 15 is 0 Å². The molecule has 278 valence electrons. The van der Waals surface area contributed by atoms with Gasteiger partial charge in [0.1, 0.15) is 0 Å². The van der Waals surface area contributed by atoms with Crippen LogP contribution in [-0.2, 0) is 22.6 Å². The molecule has 0 saturated carbocycles. The van der Waals surface area contributed by atoms with Crippen molar-refractivity contribution in [2.45, 2.75) is 67.7 Å². The number of benzene rings is 3. The minimum Gasteiger partial charge on any atom is -0.392 e. The van der Waals surface area contributed by atoms with E-state index in [9.17, 15) is 44.7 Å². The molecule has 0 bridgehead atoms. The number of fused-ring (bicyclic) bond motifs is 1. The van der Waals surface area contributed by atoms with Crippen LogP contribution < -0.4 is 5.32 Å². The molecular formula is C37H38F6N4O4S. The molecule has 15 heteroatoms. The molecule has 0 spiro atoms. The fourth-order valence-electron chi connectivity index (χ4n) is 7.19. The number of pyridine rings is 1. The van der Waals surface area contributed by atoms with Crippen molar-refractivity contribution in [1.82, 2.24) is 20.1 Å². The lowest BCUT2D eigenvalue weighted by Crippen LogP contribution is -2.49. The van der Waals surface area contributed by atoms with Crippen LogP contribution in [0.5, 0.6) is 0 Å². The molecule has 0 aliphatic carbocycles. The molecule has 2 fully saturated rings. The topological polar surface area (TPSA) is 103 Å². The van der Waals surface area contributed by atoms with Crippen molar-refractivity contribution in [2.24, 2.45) is 0 Å². The number of amides is 1. The molecule has 2 aliphatic heterocycles. The zero-order chi connectivity index (χ0) is 37.4. The van der Waals surface area contributed by atoms with Gasteiger partial charge < -0.3 is 10.4 Å². The lowest BCUT2D eigenvalue weighted by atomic mass is 9.93. The number of carbonyl (C=O) groups excluding carboxylic acids is 1. The molecule has 3 heterocycles. The van der Waals surface area contributed by atoms with Crippen LogP contribution in [0.15, 0.2) is 77.7 Å². The van der Waals surface area contributed by atoms with Gasteiger partial charge in [0.15, 0.2) is 15.9 Å². The number of carbonyl (C=O) groups is 1. The van der Waals surface area contributed by atoms with E-state index in [1.165, 1.54) is 60.7 Å². The van der Waals surface area contributed by atoms with Gasteiger partial charge in [-0.25, -0.2) is 13.4 Å². The van der Waals surface area contributed by atoms with Gasteiger partial charge in [0.25, 0.3) is 5.91 Å². The summed E-state index contributed by atoms with van der Waals surface area (Å²) < 4.78 is 111. The number of aromatic nitrogens is 1. The molecule has 0 unspecified atom stereocenters. The highest BCUT2D eigenvalue weighted by molar-refractivity contribution is 7.90. The van der Waals surface area contributed by atoms with Crippen LogP contribution in [0.2, 0.25) is 0 Å². The summed E-state index contributed by atoms with van der Waals surface area (Å²) in [7, 11) is -3.87. The summed E-state index contributed by atoms with van der Waals surface area (Å²) in [5.41, 5.74) is -1.52. The molecular weight excluding hydrogens is 710 g/mol. The number of piperidine rings is 2. The van der Waals surface area contributed by atoms with Crippen molar-refractivity contribution in [3.05, 3.63) is 95.1 Å². The normalized spacial score (nSPS) is 19.1. The first-order valence-electron chi connectivity index (χ1n) is 16.9. The molecule has 2 atom stereocenters. The lowest BCUT2D eigenvalue weighted by molar-refractivity contribution is -0.155. The van der Waals surface area contributed by atoms with Gasteiger partial charge >= 0.3 is 12.4 Å². The number of halogens is 6. The summed E-state index contributed by atoms with van der Waals surface area (Å²) in [6.45, 7) is 2.28. The number of hydrogen-bond acceptors (Lipinski definition) is 7. The van der Waals surface area contributed by atoms with Crippen molar-refractivity contribution in [3.63, 3.8) is 0 Å². The smallest absolute Gasteiger partial charge is 0.392 e. The summed E-state index contributed by atoms with van der Waals surface area (Å²) in [5, 5.41) is 12.3. The van der Waals surface area contributed by atoms with Crippen molar-refractivity contribution in [2.75, 3.05) is 32.4 Å². The summed E-state index contributed by atoms with van der Waals surface area (Å²) in [6.07, 6.45) is -6.19. The molecule has 8 nitrogen and oxygen atoms in total. The Bertz CT molecular complexity index is 2030. The quantitative estimate of drug-likeness (QED) is 0.192. The summed E-state index contributed by atoms with van der Waals surface area (Å²) >= 11 is 0. The Morgan fingerprint density at radius 3 is 2.29 bits per heavy atom. The Morgan fingerprint density at radius 1 is 0.942 bits per heavy atom. The zero-order valence-corrected chi connectivity index (χ0v) is 29.0. The van der Waals surface area contributed by atoms with Crippen LogP contribution in [0, 0.1) is 0 Å². The van der Waals surface area contributed by atoms with Crippen molar-refractivity contribution < 1.29 is 44.7 Å². The maximum Gasteiger partial charge on any atom is 0.416 e. The molecule has 52 heavy (non-hydrogen) atoms. The van der Waals surface area contributed by atoms with Crippen LogP contribution >= 0.6 is 0 Å². The van der Waals surface area contributed by atoms with E-state index in [0.717, 1.165) is 37.8 Å². The lowest BCUT2D eigenvalue weighted by Gasteiger charge is -2.41. The van der Waals surface area contributed by atoms with Gasteiger partial charge in [-0.05, 0) is 81.2 Å². The Balaban J connectivity index is 1.51. The SMILES string of the molecule is CS(=O)(=O)c1ccc2nc(-c3cccc(C(F)(F)F)c3)c(CN3CCC(N4CCC[C@H](O)C4)CC3)c(C(=O)N[C@H](c3ccccc3)C(F)(F)F)c2c1. The van der Waals surface area contributed by atoms with E-state index in [0.29, 0.717) is 32.5 Å². The average Bonchev–Trinajstić information content (AvgIpc) is 3.09. The number of hydrogen-bond donors (Lipinski definition) is 2. The van der Waals surface area contributed by atoms with E-state index in [4.69, 9.17) is 0 Å². The minimum absolute atomic E-state index is 0.0133. The Labute approximate surface area is 297 Å². The maximum absolute atomic E-state index is 14.6. The van der Waals surface area contributed by atoms with Gasteiger partial charge in [0, 0.05) is 41.9 Å². The van der Waals surface area contributed by atoms with Gasteiger partial charge in [-0.1, -0.05) is 42.5 Å². The second-order valence-electron chi connectivity index (χ2n) is 13.5. The van der Waals surface area contributed by atoms with E-state index in [2.05, 4.69) is 15.2 Å². The maximum atomic E-state index is 14.6. The van der Waals surface area contributed by atoms with E-state index in [1.807, 2.05) is 4.90 Å². The third-order valence-corrected chi connectivity index (χ3v) is 10.9. The molecule has 3 aromatic carbocycles. The first-order valence-corrected chi connectivity index (χ1v) is 18.8. The molecule has 2 N–H and O–H groups in total. The van der Waals surface area contributed by atoms with E-state index in [-0.39, 0.29) is 56.3 Å². The summed E-state index contributed by atoms with van der Waals surface area (Å²) in [6, 6.07) is 12.5. The molecule has 1 aromatic heterocycles. The molecule has 2 aliphatic rings. The Kier molecular flexibility index (Phi) is 10.7. The molecule has 1 amide bonds. The van der Waals surface area contributed by atoms with Gasteiger partial charge in [0.05, 0.1) is 33.3 Å². The molecule has 4 aromatic rings. The number of aliphatic hydroxyl groups excluding tert-OH is 1. The third-order valence-electron chi connectivity index (χ3n) is 9.79. The first kappa shape index (κ1) is 37.7. The molecule has 2 saturated heterocycles. The Morgan fingerprint density at radius 2 is 1.65 bits per heavy atom. The third kappa shape index (κ3) is 8.43. The predicted molar refractivity (Wildman–Crippen MR) is 183 cm³/mol. The number of β-amino-alcohol motifs (C(OH)–C–C–N with tert-alkyl or cyclic N) is 1. The largest absolute Gasteiger partial charge is 0.416 e. The monoisotopic (exact) mass is 748 g/mol.